The van der Waals surface area contributed by atoms with Gasteiger partial charge in [-0.2, -0.15) is 5.10 Å². The lowest BCUT2D eigenvalue weighted by Gasteiger charge is -2.32. The zero-order chi connectivity index (χ0) is 12.3. The third kappa shape index (κ3) is 2.71. The summed E-state index contributed by atoms with van der Waals surface area (Å²) in [6.45, 7) is 6.83. The lowest BCUT2D eigenvalue weighted by Crippen LogP contribution is -2.35. The molecule has 1 N–H and O–H groups in total. The second kappa shape index (κ2) is 5.67. The number of nitrogens with one attached hydrogen (secondary N) is 1. The van der Waals surface area contributed by atoms with Crippen molar-refractivity contribution in [2.24, 2.45) is 13.0 Å². The summed E-state index contributed by atoms with van der Waals surface area (Å²) in [6, 6.07) is 0. The summed E-state index contributed by atoms with van der Waals surface area (Å²) in [4.78, 5) is 0. The van der Waals surface area contributed by atoms with E-state index in [1.807, 2.05) is 11.7 Å². The predicted octanol–water partition coefficient (Wildman–Crippen LogP) is 2.48. The van der Waals surface area contributed by atoms with Crippen LogP contribution < -0.4 is 5.32 Å². The highest BCUT2D eigenvalue weighted by molar-refractivity contribution is 5.23. The Bertz CT molecular complexity index is 354. The molecule has 3 heteroatoms. The van der Waals surface area contributed by atoms with Gasteiger partial charge in [-0.15, -0.1) is 0 Å². The fourth-order valence-electron chi connectivity index (χ4n) is 3.14. The minimum atomic E-state index is 0.722. The van der Waals surface area contributed by atoms with Gasteiger partial charge in [0.1, 0.15) is 0 Å². The first-order valence-corrected chi connectivity index (χ1v) is 6.99. The maximum absolute atomic E-state index is 4.60. The Morgan fingerprint density at radius 2 is 2.29 bits per heavy atom. The van der Waals surface area contributed by atoms with Crippen LogP contribution in [0.5, 0.6) is 0 Å². The zero-order valence-electron chi connectivity index (χ0n) is 11.4. The summed E-state index contributed by atoms with van der Waals surface area (Å²) in [5.74, 6) is 1.52. The first kappa shape index (κ1) is 12.6. The molecule has 2 rings (SSSR count). The molecule has 0 amide bonds. The van der Waals surface area contributed by atoms with Gasteiger partial charge < -0.3 is 5.32 Å². The van der Waals surface area contributed by atoms with Gasteiger partial charge in [0.2, 0.25) is 0 Å². The topological polar surface area (TPSA) is 29.9 Å². The van der Waals surface area contributed by atoms with Gasteiger partial charge in [-0.1, -0.05) is 20.3 Å². The Kier molecular flexibility index (Phi) is 4.21. The SMILES string of the molecule is CCCC1CNCCC1c1cn(C)nc1CC. The van der Waals surface area contributed by atoms with Gasteiger partial charge >= 0.3 is 0 Å². The summed E-state index contributed by atoms with van der Waals surface area (Å²) >= 11 is 0. The summed E-state index contributed by atoms with van der Waals surface area (Å²) in [7, 11) is 2.04. The largest absolute Gasteiger partial charge is 0.316 e. The molecular weight excluding hydrogens is 210 g/mol. The van der Waals surface area contributed by atoms with Crippen LogP contribution in [0.15, 0.2) is 6.20 Å². The van der Waals surface area contributed by atoms with Gasteiger partial charge in [0.25, 0.3) is 0 Å². The van der Waals surface area contributed by atoms with Gasteiger partial charge in [-0.05, 0) is 49.8 Å². The summed E-state index contributed by atoms with van der Waals surface area (Å²) < 4.78 is 1.99. The van der Waals surface area contributed by atoms with E-state index in [1.165, 1.54) is 37.1 Å². The van der Waals surface area contributed by atoms with E-state index in [9.17, 15) is 0 Å². The fraction of sp³-hybridized carbons (Fsp3) is 0.786. The van der Waals surface area contributed by atoms with Crippen LogP contribution in [-0.4, -0.2) is 22.9 Å². The number of aryl methyl sites for hydroxylation is 2. The average Bonchev–Trinajstić information content (AvgIpc) is 2.71. The van der Waals surface area contributed by atoms with Crippen LogP contribution in [0.4, 0.5) is 0 Å². The molecule has 2 heterocycles. The third-order valence-electron chi connectivity index (χ3n) is 3.94. The molecule has 0 saturated carbocycles. The molecule has 1 aliphatic heterocycles. The molecule has 1 aliphatic rings. The molecule has 1 aromatic heterocycles. The molecule has 17 heavy (non-hydrogen) atoms. The van der Waals surface area contributed by atoms with Gasteiger partial charge in [-0.3, -0.25) is 4.68 Å². The number of hydrogen-bond donors (Lipinski definition) is 1. The van der Waals surface area contributed by atoms with E-state index in [-0.39, 0.29) is 0 Å². The van der Waals surface area contributed by atoms with E-state index in [0.29, 0.717) is 0 Å². The molecular formula is C14H25N3. The number of hydrogen-bond acceptors (Lipinski definition) is 2. The van der Waals surface area contributed by atoms with E-state index < -0.39 is 0 Å². The third-order valence-corrected chi connectivity index (χ3v) is 3.94. The molecule has 1 fully saturated rings. The second-order valence-corrected chi connectivity index (χ2v) is 5.21. The van der Waals surface area contributed by atoms with E-state index in [4.69, 9.17) is 0 Å². The molecule has 0 bridgehead atoms. The molecule has 96 valence electrons. The molecule has 0 aromatic carbocycles. The number of nitrogens with zero attached hydrogens (tertiary/aromatic N) is 2. The smallest absolute Gasteiger partial charge is 0.0656 e. The highest BCUT2D eigenvalue weighted by atomic mass is 15.3. The van der Waals surface area contributed by atoms with Crippen molar-refractivity contribution in [3.63, 3.8) is 0 Å². The van der Waals surface area contributed by atoms with Gasteiger partial charge in [0, 0.05) is 13.2 Å². The Labute approximate surface area is 105 Å². The molecule has 0 radical (unpaired) electrons. The Balaban J connectivity index is 2.22. The van der Waals surface area contributed by atoms with Crippen molar-refractivity contribution in [3.8, 4) is 0 Å². The van der Waals surface area contributed by atoms with Gasteiger partial charge in [0.15, 0.2) is 0 Å². The normalized spacial score (nSPS) is 25.1. The highest BCUT2D eigenvalue weighted by Crippen LogP contribution is 2.34. The van der Waals surface area contributed by atoms with E-state index in [1.54, 1.807) is 0 Å². The van der Waals surface area contributed by atoms with Crippen molar-refractivity contribution in [1.29, 1.82) is 0 Å². The fourth-order valence-corrected chi connectivity index (χ4v) is 3.14. The maximum atomic E-state index is 4.60. The minimum Gasteiger partial charge on any atom is -0.316 e. The van der Waals surface area contributed by atoms with Crippen molar-refractivity contribution in [1.82, 2.24) is 15.1 Å². The van der Waals surface area contributed by atoms with Crippen LogP contribution in [-0.2, 0) is 13.5 Å². The van der Waals surface area contributed by atoms with Crippen molar-refractivity contribution in [2.75, 3.05) is 13.1 Å². The zero-order valence-corrected chi connectivity index (χ0v) is 11.4. The number of aromatic nitrogens is 2. The van der Waals surface area contributed by atoms with Crippen LogP contribution in [0.3, 0.4) is 0 Å². The van der Waals surface area contributed by atoms with Crippen LogP contribution in [0.2, 0.25) is 0 Å². The maximum Gasteiger partial charge on any atom is 0.0656 e. The average molecular weight is 235 g/mol. The first-order valence-electron chi connectivity index (χ1n) is 6.99. The number of piperidine rings is 1. The number of rotatable bonds is 4. The van der Waals surface area contributed by atoms with Gasteiger partial charge in [0.05, 0.1) is 5.69 Å². The Hall–Kier alpha value is -0.830. The van der Waals surface area contributed by atoms with Crippen LogP contribution in [0, 0.1) is 5.92 Å². The standard InChI is InChI=1S/C14H25N3/c1-4-6-11-9-15-8-7-12(11)13-10-17(3)16-14(13)5-2/h10-12,15H,4-9H2,1-3H3. The lowest BCUT2D eigenvalue weighted by molar-refractivity contribution is 0.305. The van der Waals surface area contributed by atoms with Crippen LogP contribution in [0.25, 0.3) is 0 Å². The predicted molar refractivity (Wildman–Crippen MR) is 71.2 cm³/mol. The van der Waals surface area contributed by atoms with Crippen molar-refractivity contribution >= 4 is 0 Å². The van der Waals surface area contributed by atoms with E-state index >= 15 is 0 Å². The van der Waals surface area contributed by atoms with Crippen molar-refractivity contribution in [2.45, 2.75) is 45.4 Å². The minimum absolute atomic E-state index is 0.722. The lowest BCUT2D eigenvalue weighted by atomic mass is 9.79. The molecule has 3 nitrogen and oxygen atoms in total. The monoisotopic (exact) mass is 235 g/mol. The second-order valence-electron chi connectivity index (χ2n) is 5.21. The first-order chi connectivity index (χ1) is 8.26. The van der Waals surface area contributed by atoms with Crippen LogP contribution >= 0.6 is 0 Å². The summed E-state index contributed by atoms with van der Waals surface area (Å²) in [5, 5.41) is 8.13. The molecule has 1 aromatic rings. The molecule has 0 spiro atoms. The highest BCUT2D eigenvalue weighted by Gasteiger charge is 2.28. The van der Waals surface area contributed by atoms with Crippen LogP contribution in [0.1, 0.15) is 50.3 Å². The van der Waals surface area contributed by atoms with Crippen molar-refractivity contribution < 1.29 is 0 Å². The molecule has 2 atom stereocenters. The van der Waals surface area contributed by atoms with Gasteiger partial charge in [-0.25, -0.2) is 0 Å². The molecule has 1 saturated heterocycles. The Morgan fingerprint density at radius 1 is 1.47 bits per heavy atom. The Morgan fingerprint density at radius 3 is 3.00 bits per heavy atom. The summed E-state index contributed by atoms with van der Waals surface area (Å²) in [5.41, 5.74) is 2.82. The molecule has 0 aliphatic carbocycles. The summed E-state index contributed by atoms with van der Waals surface area (Å²) in [6.07, 6.45) is 7.18. The van der Waals surface area contributed by atoms with E-state index in [0.717, 1.165) is 24.8 Å². The van der Waals surface area contributed by atoms with Crippen molar-refractivity contribution in [3.05, 3.63) is 17.5 Å². The molecule has 2 unspecified atom stereocenters. The quantitative estimate of drug-likeness (QED) is 0.869. The van der Waals surface area contributed by atoms with E-state index in [2.05, 4.69) is 30.5 Å².